The smallest absolute Gasteiger partial charge is 0.337 e. The van der Waals surface area contributed by atoms with Crippen LogP contribution in [0.25, 0.3) is 0 Å². The number of aliphatic hydroxyl groups is 1. The number of rotatable bonds is 5. The van der Waals surface area contributed by atoms with Crippen molar-refractivity contribution in [1.82, 2.24) is 5.32 Å². The first kappa shape index (κ1) is 13.5. The van der Waals surface area contributed by atoms with Crippen molar-refractivity contribution in [3.05, 3.63) is 29.8 Å². The van der Waals surface area contributed by atoms with Gasteiger partial charge in [0.1, 0.15) is 5.75 Å². The van der Waals surface area contributed by atoms with E-state index in [0.717, 1.165) is 0 Å². The molecule has 0 amide bonds. The fraction of sp³-hybridized carbons (Fsp3) is 0.417. The molecule has 1 aromatic rings. The number of aliphatic carboxylic acids is 1. The minimum Gasteiger partial charge on any atom is -0.496 e. The molecule has 0 aromatic heterocycles. The Kier molecular flexibility index (Phi) is 4.09. The highest BCUT2D eigenvalue weighted by Gasteiger charge is 2.40. The first-order chi connectivity index (χ1) is 7.95. The molecule has 2 atom stereocenters. The van der Waals surface area contributed by atoms with Gasteiger partial charge in [-0.15, -0.1) is 0 Å². The maximum absolute atomic E-state index is 11.1. The highest BCUT2D eigenvalue weighted by atomic mass is 16.5. The molecular formula is C12H17NO4. The summed E-state index contributed by atoms with van der Waals surface area (Å²) in [5.41, 5.74) is -1.31. The van der Waals surface area contributed by atoms with E-state index in [1.807, 2.05) is 0 Å². The van der Waals surface area contributed by atoms with Crippen molar-refractivity contribution in [2.24, 2.45) is 0 Å². The van der Waals surface area contributed by atoms with Crippen LogP contribution in [0.4, 0.5) is 0 Å². The Bertz CT molecular complexity index is 403. The Morgan fingerprint density at radius 3 is 2.53 bits per heavy atom. The fourth-order valence-electron chi connectivity index (χ4n) is 1.77. The Hall–Kier alpha value is -1.59. The van der Waals surface area contributed by atoms with E-state index >= 15 is 0 Å². The lowest BCUT2D eigenvalue weighted by Crippen LogP contribution is -2.46. The fourth-order valence-corrected chi connectivity index (χ4v) is 1.77. The molecule has 5 nitrogen and oxygen atoms in total. The summed E-state index contributed by atoms with van der Waals surface area (Å²) in [6.45, 7) is 1.25. The number of hydrogen-bond acceptors (Lipinski definition) is 4. The molecule has 0 bridgehead atoms. The van der Waals surface area contributed by atoms with Gasteiger partial charge in [-0.2, -0.15) is 0 Å². The largest absolute Gasteiger partial charge is 0.496 e. The van der Waals surface area contributed by atoms with Crippen molar-refractivity contribution in [2.75, 3.05) is 14.2 Å². The molecular weight excluding hydrogens is 222 g/mol. The van der Waals surface area contributed by atoms with Gasteiger partial charge >= 0.3 is 5.97 Å². The van der Waals surface area contributed by atoms with E-state index in [2.05, 4.69) is 5.32 Å². The number of benzene rings is 1. The number of carbonyl (C=O) groups is 1. The molecule has 5 heteroatoms. The van der Waals surface area contributed by atoms with Crippen LogP contribution in [0.3, 0.4) is 0 Å². The zero-order chi connectivity index (χ0) is 13.1. The van der Waals surface area contributed by atoms with Crippen molar-refractivity contribution < 1.29 is 19.7 Å². The predicted octanol–water partition coefficient (Wildman–Crippen LogP) is 0.791. The maximum atomic E-state index is 11.1. The molecule has 0 spiro atoms. The second-order valence-electron chi connectivity index (χ2n) is 3.92. The minimum atomic E-state index is -1.91. The third kappa shape index (κ3) is 2.57. The molecule has 3 N–H and O–H groups in total. The van der Waals surface area contributed by atoms with Gasteiger partial charge in [0.2, 0.25) is 0 Å². The van der Waals surface area contributed by atoms with Gasteiger partial charge in [-0.3, -0.25) is 0 Å². The second-order valence-corrected chi connectivity index (χ2v) is 3.92. The van der Waals surface area contributed by atoms with Crippen LogP contribution in [0.2, 0.25) is 0 Å². The van der Waals surface area contributed by atoms with Gasteiger partial charge < -0.3 is 20.3 Å². The number of ether oxygens (including phenoxy) is 1. The maximum Gasteiger partial charge on any atom is 0.337 e. The molecule has 17 heavy (non-hydrogen) atoms. The Morgan fingerprint density at radius 1 is 1.47 bits per heavy atom. The first-order valence-corrected chi connectivity index (χ1v) is 5.21. The summed E-state index contributed by atoms with van der Waals surface area (Å²) in [7, 11) is 3.09. The average Bonchev–Trinajstić information content (AvgIpc) is 2.30. The SMILES string of the molecule is CNC(c1ccccc1OC)C(C)(O)C(=O)O. The summed E-state index contributed by atoms with van der Waals surface area (Å²) >= 11 is 0. The quantitative estimate of drug-likeness (QED) is 0.708. The third-order valence-corrected chi connectivity index (χ3v) is 2.73. The predicted molar refractivity (Wildman–Crippen MR) is 63.1 cm³/mol. The average molecular weight is 239 g/mol. The topological polar surface area (TPSA) is 78.8 Å². The summed E-state index contributed by atoms with van der Waals surface area (Å²) < 4.78 is 5.16. The van der Waals surface area contributed by atoms with Gasteiger partial charge in [0.25, 0.3) is 0 Å². The molecule has 1 rings (SSSR count). The zero-order valence-electron chi connectivity index (χ0n) is 10.1. The molecule has 0 aliphatic rings. The van der Waals surface area contributed by atoms with Crippen LogP contribution in [-0.4, -0.2) is 35.9 Å². The number of likely N-dealkylation sites (N-methyl/N-ethyl adjacent to an activating group) is 1. The summed E-state index contributed by atoms with van der Waals surface area (Å²) in [6.07, 6.45) is 0. The van der Waals surface area contributed by atoms with Crippen molar-refractivity contribution in [3.8, 4) is 5.75 Å². The normalized spacial score (nSPS) is 16.0. The van der Waals surface area contributed by atoms with Crippen LogP contribution in [-0.2, 0) is 4.79 Å². The Balaban J connectivity index is 3.22. The van der Waals surface area contributed by atoms with E-state index in [-0.39, 0.29) is 0 Å². The molecule has 94 valence electrons. The number of hydrogen-bond donors (Lipinski definition) is 3. The van der Waals surface area contributed by atoms with Gasteiger partial charge in [0.05, 0.1) is 13.2 Å². The number of methoxy groups -OCH3 is 1. The van der Waals surface area contributed by atoms with Gasteiger partial charge in [0.15, 0.2) is 5.60 Å². The van der Waals surface area contributed by atoms with Crippen LogP contribution < -0.4 is 10.1 Å². The standard InChI is InChI=1S/C12H17NO4/c1-12(16,11(14)15)10(13-2)8-6-4-5-7-9(8)17-3/h4-7,10,13,16H,1-3H3,(H,14,15). The Labute approximate surface area is 100 Å². The van der Waals surface area contributed by atoms with E-state index in [1.54, 1.807) is 31.3 Å². The Morgan fingerprint density at radius 2 is 2.06 bits per heavy atom. The lowest BCUT2D eigenvalue weighted by Gasteiger charge is -2.30. The second kappa shape index (κ2) is 5.16. The van der Waals surface area contributed by atoms with Gasteiger partial charge in [0, 0.05) is 5.56 Å². The van der Waals surface area contributed by atoms with Crippen LogP contribution in [0.15, 0.2) is 24.3 Å². The number of carboxylic acids is 1. The molecule has 0 aliphatic heterocycles. The van der Waals surface area contributed by atoms with Crippen LogP contribution in [0.1, 0.15) is 18.5 Å². The molecule has 0 saturated carbocycles. The van der Waals surface area contributed by atoms with E-state index in [4.69, 9.17) is 9.84 Å². The van der Waals surface area contributed by atoms with E-state index in [1.165, 1.54) is 14.0 Å². The highest BCUT2D eigenvalue weighted by molar-refractivity contribution is 5.78. The first-order valence-electron chi connectivity index (χ1n) is 5.21. The van der Waals surface area contributed by atoms with Gasteiger partial charge in [-0.05, 0) is 20.0 Å². The van der Waals surface area contributed by atoms with Crippen LogP contribution >= 0.6 is 0 Å². The number of nitrogens with one attached hydrogen (secondary N) is 1. The van der Waals surface area contributed by atoms with Gasteiger partial charge in [-0.1, -0.05) is 18.2 Å². The van der Waals surface area contributed by atoms with E-state index in [0.29, 0.717) is 11.3 Å². The van der Waals surface area contributed by atoms with E-state index < -0.39 is 17.6 Å². The summed E-state index contributed by atoms with van der Waals surface area (Å²) in [5, 5.41) is 21.8. The lowest BCUT2D eigenvalue weighted by molar-refractivity contribution is -0.159. The van der Waals surface area contributed by atoms with Crippen LogP contribution in [0.5, 0.6) is 5.75 Å². The van der Waals surface area contributed by atoms with Crippen LogP contribution in [0, 0.1) is 0 Å². The molecule has 0 fully saturated rings. The summed E-state index contributed by atoms with van der Waals surface area (Å²) in [4.78, 5) is 11.1. The molecule has 2 unspecified atom stereocenters. The highest BCUT2D eigenvalue weighted by Crippen LogP contribution is 2.32. The monoisotopic (exact) mass is 239 g/mol. The number of para-hydroxylation sites is 1. The van der Waals surface area contributed by atoms with Crippen molar-refractivity contribution in [3.63, 3.8) is 0 Å². The molecule has 0 heterocycles. The number of carboxylic acid groups (broad SMARTS) is 1. The molecule has 0 radical (unpaired) electrons. The summed E-state index contributed by atoms with van der Waals surface area (Å²) in [5.74, 6) is -0.754. The summed E-state index contributed by atoms with van der Waals surface area (Å²) in [6, 6.07) is 6.23. The van der Waals surface area contributed by atoms with Crippen molar-refractivity contribution in [1.29, 1.82) is 0 Å². The van der Waals surface area contributed by atoms with Gasteiger partial charge in [-0.25, -0.2) is 4.79 Å². The minimum absolute atomic E-state index is 0.536. The third-order valence-electron chi connectivity index (χ3n) is 2.73. The van der Waals surface area contributed by atoms with Crippen molar-refractivity contribution in [2.45, 2.75) is 18.6 Å². The van der Waals surface area contributed by atoms with E-state index in [9.17, 15) is 9.90 Å². The molecule has 1 aromatic carbocycles. The lowest BCUT2D eigenvalue weighted by atomic mass is 9.90. The van der Waals surface area contributed by atoms with Crippen molar-refractivity contribution >= 4 is 5.97 Å². The zero-order valence-corrected chi connectivity index (χ0v) is 10.1. The molecule has 0 saturated heterocycles. The molecule has 0 aliphatic carbocycles.